The van der Waals surface area contributed by atoms with Gasteiger partial charge in [-0.1, -0.05) is 18.2 Å². The van der Waals surface area contributed by atoms with E-state index >= 15 is 0 Å². The number of carboxylic acid groups (broad SMARTS) is 2. The summed E-state index contributed by atoms with van der Waals surface area (Å²) in [6.45, 7) is 6.88. The smallest absolute Gasteiger partial charge is 0.303 e. The number of nitrogens with zero attached hydrogens (tertiary/aromatic N) is 2. The van der Waals surface area contributed by atoms with Gasteiger partial charge in [0, 0.05) is 5.92 Å². The molecule has 1 aromatic carbocycles. The molecule has 0 spiro atoms. The molecule has 6 heteroatoms. The van der Waals surface area contributed by atoms with Crippen molar-refractivity contribution >= 4 is 11.9 Å². The molecule has 0 atom stereocenters. The molecule has 0 saturated carbocycles. The Morgan fingerprint density at radius 3 is 1.56 bits per heavy atom. The molecule has 0 unspecified atom stereocenters. The molecule has 1 aromatic rings. The van der Waals surface area contributed by atoms with Crippen LogP contribution in [0.25, 0.3) is 0 Å². The van der Waals surface area contributed by atoms with E-state index in [0.717, 1.165) is 0 Å². The highest BCUT2D eigenvalue weighted by atomic mass is 16.4. The van der Waals surface area contributed by atoms with Crippen LogP contribution in [0.3, 0.4) is 0 Å². The molecular weight excluding hydrogens is 320 g/mol. The monoisotopic (exact) mass is 342 g/mol. The largest absolute Gasteiger partial charge is 0.481 e. The van der Waals surface area contributed by atoms with E-state index in [1.165, 1.54) is 0 Å². The fourth-order valence-electron chi connectivity index (χ4n) is 2.47. The van der Waals surface area contributed by atoms with E-state index < -0.39 is 28.7 Å². The Bertz CT molecular complexity index is 706. The summed E-state index contributed by atoms with van der Waals surface area (Å²) in [6.07, 6.45) is -0.676. The fraction of sp³-hybridized carbons (Fsp3) is 0.474. The van der Waals surface area contributed by atoms with E-state index in [0.29, 0.717) is 16.7 Å². The van der Waals surface area contributed by atoms with Crippen LogP contribution in [0.1, 0.15) is 63.1 Å². The van der Waals surface area contributed by atoms with Gasteiger partial charge in [0.05, 0.1) is 35.8 Å². The van der Waals surface area contributed by atoms with Crippen LogP contribution in [0.15, 0.2) is 18.2 Å². The molecule has 0 aliphatic heterocycles. The molecule has 0 bridgehead atoms. The van der Waals surface area contributed by atoms with E-state index in [4.69, 9.17) is 10.2 Å². The van der Waals surface area contributed by atoms with Gasteiger partial charge in [-0.05, 0) is 44.4 Å². The summed E-state index contributed by atoms with van der Waals surface area (Å²) in [5, 5.41) is 37.1. The molecule has 0 saturated heterocycles. The topological polar surface area (TPSA) is 122 Å². The lowest BCUT2D eigenvalue weighted by atomic mass is 9.77. The zero-order valence-electron chi connectivity index (χ0n) is 14.8. The van der Waals surface area contributed by atoms with Gasteiger partial charge in [-0.3, -0.25) is 9.59 Å². The highest BCUT2D eigenvalue weighted by Gasteiger charge is 2.28. The predicted molar refractivity (Wildman–Crippen MR) is 91.0 cm³/mol. The Morgan fingerprint density at radius 2 is 1.28 bits per heavy atom. The van der Waals surface area contributed by atoms with E-state index in [9.17, 15) is 20.1 Å². The number of hydrogen-bond donors (Lipinski definition) is 2. The minimum absolute atomic E-state index is 0.338. The molecule has 0 amide bonds. The first-order valence-electron chi connectivity index (χ1n) is 7.85. The Balaban J connectivity index is 3.62. The summed E-state index contributed by atoms with van der Waals surface area (Å²) >= 11 is 0. The van der Waals surface area contributed by atoms with Crippen molar-refractivity contribution in [3.8, 4) is 12.1 Å². The van der Waals surface area contributed by atoms with Crippen LogP contribution in [0.4, 0.5) is 0 Å². The lowest BCUT2D eigenvalue weighted by Gasteiger charge is -2.25. The number of nitriles is 2. The number of benzene rings is 1. The highest BCUT2D eigenvalue weighted by Crippen LogP contribution is 2.34. The maximum Gasteiger partial charge on any atom is 0.303 e. The molecule has 0 aliphatic carbocycles. The molecule has 2 N–H and O–H groups in total. The Morgan fingerprint density at radius 1 is 0.920 bits per heavy atom. The zero-order valence-corrected chi connectivity index (χ0v) is 14.8. The maximum absolute atomic E-state index is 11.1. The number of aliphatic carboxylic acids is 2. The van der Waals surface area contributed by atoms with Crippen LogP contribution in [0.5, 0.6) is 0 Å². The van der Waals surface area contributed by atoms with Gasteiger partial charge in [0.1, 0.15) is 0 Å². The quantitative estimate of drug-likeness (QED) is 0.783. The predicted octanol–water partition coefficient (Wildman–Crippen LogP) is 3.32. The summed E-state index contributed by atoms with van der Waals surface area (Å²) in [6, 6.07) is 9.49. The molecule has 0 fully saturated rings. The van der Waals surface area contributed by atoms with Gasteiger partial charge in [0.2, 0.25) is 0 Å². The number of hydrogen-bond acceptors (Lipinski definition) is 4. The van der Waals surface area contributed by atoms with Crippen molar-refractivity contribution in [3.63, 3.8) is 0 Å². The van der Waals surface area contributed by atoms with E-state index in [1.54, 1.807) is 45.9 Å². The third-order valence-electron chi connectivity index (χ3n) is 4.27. The number of carbonyl (C=O) groups is 2. The molecule has 0 aliphatic rings. The Kier molecular flexibility index (Phi) is 5.94. The zero-order chi connectivity index (χ0) is 19.4. The van der Waals surface area contributed by atoms with Crippen LogP contribution < -0.4 is 0 Å². The standard InChI is InChI=1S/C19H22N2O4/c1-18(2,10-20)14-5-12(6-15(9-14)19(3,4)11-21)13(7-16(22)23)8-17(24)25/h5-6,9,13H,7-8H2,1-4H3,(H,22,23)(H,24,25). The van der Waals surface area contributed by atoms with Crippen molar-refractivity contribution < 1.29 is 19.8 Å². The molecule has 0 aromatic heterocycles. The average Bonchev–Trinajstić information content (AvgIpc) is 2.52. The van der Waals surface area contributed by atoms with Gasteiger partial charge in [0.15, 0.2) is 0 Å². The Hall–Kier alpha value is -2.86. The third kappa shape index (κ3) is 5.06. The van der Waals surface area contributed by atoms with Gasteiger partial charge in [-0.15, -0.1) is 0 Å². The van der Waals surface area contributed by atoms with Crippen LogP contribution in [0, 0.1) is 22.7 Å². The van der Waals surface area contributed by atoms with Gasteiger partial charge < -0.3 is 10.2 Å². The molecule has 0 radical (unpaired) electrons. The maximum atomic E-state index is 11.1. The van der Waals surface area contributed by atoms with Crippen molar-refractivity contribution in [2.24, 2.45) is 0 Å². The lowest BCUT2D eigenvalue weighted by molar-refractivity contribution is -0.139. The molecular formula is C19H22N2O4. The minimum Gasteiger partial charge on any atom is -0.481 e. The van der Waals surface area contributed by atoms with Crippen molar-refractivity contribution in [2.75, 3.05) is 0 Å². The number of carboxylic acids is 2. The van der Waals surface area contributed by atoms with Crippen LogP contribution >= 0.6 is 0 Å². The fourth-order valence-corrected chi connectivity index (χ4v) is 2.47. The van der Waals surface area contributed by atoms with Gasteiger partial charge in [-0.25, -0.2) is 0 Å². The van der Waals surface area contributed by atoms with E-state index in [2.05, 4.69) is 12.1 Å². The molecule has 25 heavy (non-hydrogen) atoms. The summed E-state index contributed by atoms with van der Waals surface area (Å²) in [5.74, 6) is -2.94. The molecule has 6 nitrogen and oxygen atoms in total. The first-order valence-corrected chi connectivity index (χ1v) is 7.85. The van der Waals surface area contributed by atoms with Crippen molar-refractivity contribution in [3.05, 3.63) is 34.9 Å². The van der Waals surface area contributed by atoms with Gasteiger partial charge in [-0.2, -0.15) is 10.5 Å². The summed E-state index contributed by atoms with van der Waals surface area (Å²) in [4.78, 5) is 22.3. The van der Waals surface area contributed by atoms with Crippen molar-refractivity contribution in [1.82, 2.24) is 0 Å². The second-order valence-electron chi connectivity index (χ2n) is 7.21. The Labute approximate surface area is 147 Å². The lowest BCUT2D eigenvalue weighted by Crippen LogP contribution is -2.21. The summed E-state index contributed by atoms with van der Waals surface area (Å²) in [5.41, 5.74) is 0.0720. The van der Waals surface area contributed by atoms with Crippen molar-refractivity contribution in [1.29, 1.82) is 10.5 Å². The highest BCUT2D eigenvalue weighted by molar-refractivity contribution is 5.72. The van der Waals surface area contributed by atoms with Gasteiger partial charge >= 0.3 is 11.9 Å². The first-order chi connectivity index (χ1) is 11.4. The average molecular weight is 342 g/mol. The van der Waals surface area contributed by atoms with Crippen LogP contribution in [0.2, 0.25) is 0 Å². The second-order valence-corrected chi connectivity index (χ2v) is 7.21. The van der Waals surface area contributed by atoms with E-state index in [1.807, 2.05) is 0 Å². The summed E-state index contributed by atoms with van der Waals surface area (Å²) < 4.78 is 0. The van der Waals surface area contributed by atoms with Gasteiger partial charge in [0.25, 0.3) is 0 Å². The van der Waals surface area contributed by atoms with Crippen LogP contribution in [-0.4, -0.2) is 22.2 Å². The first kappa shape index (κ1) is 20.2. The normalized spacial score (nSPS) is 11.6. The second kappa shape index (κ2) is 7.36. The molecule has 1 rings (SSSR count). The van der Waals surface area contributed by atoms with Crippen molar-refractivity contribution in [2.45, 2.75) is 57.3 Å². The van der Waals surface area contributed by atoms with E-state index in [-0.39, 0.29) is 12.8 Å². The minimum atomic E-state index is -1.10. The third-order valence-corrected chi connectivity index (χ3v) is 4.27. The summed E-state index contributed by atoms with van der Waals surface area (Å²) in [7, 11) is 0. The number of rotatable bonds is 7. The SMILES string of the molecule is CC(C)(C#N)c1cc(C(CC(=O)O)CC(=O)O)cc(C(C)(C)C#N)c1. The van der Waals surface area contributed by atoms with Crippen LogP contribution in [-0.2, 0) is 20.4 Å². The molecule has 132 valence electrons. The molecule has 0 heterocycles.